The maximum absolute atomic E-state index is 13.7. The lowest BCUT2D eigenvalue weighted by Crippen LogP contribution is -2.51. The minimum absolute atomic E-state index is 0.0650. The number of imide groups is 1. The summed E-state index contributed by atoms with van der Waals surface area (Å²) in [7, 11) is 0. The summed E-state index contributed by atoms with van der Waals surface area (Å²) in [4.78, 5) is 58.6. The van der Waals surface area contributed by atoms with Gasteiger partial charge >= 0.3 is 5.97 Å². The predicted octanol–water partition coefficient (Wildman–Crippen LogP) is 3.11. The number of carbonyl (C=O) groups excluding carboxylic acids is 3. The zero-order valence-corrected chi connectivity index (χ0v) is 17.9. The largest absolute Gasteiger partial charge is 0.480 e. The van der Waals surface area contributed by atoms with Crippen LogP contribution < -0.4 is 4.90 Å². The van der Waals surface area contributed by atoms with Crippen molar-refractivity contribution in [2.24, 2.45) is 10.9 Å². The fraction of sp³-hybridized carbons (Fsp3) is 0.320. The Bertz CT molecular complexity index is 1160. The molecule has 1 atom stereocenters. The van der Waals surface area contributed by atoms with Crippen molar-refractivity contribution in [3.8, 4) is 0 Å². The average Bonchev–Trinajstić information content (AvgIpc) is 3.01. The van der Waals surface area contributed by atoms with E-state index in [2.05, 4.69) is 0 Å². The topological polar surface area (TPSA) is 107 Å². The van der Waals surface area contributed by atoms with Crippen molar-refractivity contribution in [1.82, 2.24) is 4.90 Å². The smallest absolute Gasteiger partial charge is 0.323 e. The molecule has 8 heteroatoms. The minimum atomic E-state index is -1.46. The molecule has 1 fully saturated rings. The second kappa shape index (κ2) is 8.27. The van der Waals surface area contributed by atoms with Crippen LogP contribution in [0.4, 0.5) is 5.69 Å². The molecule has 2 aromatic rings. The van der Waals surface area contributed by atoms with Gasteiger partial charge in [-0.05, 0) is 31.0 Å². The summed E-state index contributed by atoms with van der Waals surface area (Å²) in [5.74, 6) is -3.02. The molecule has 2 aliphatic heterocycles. The van der Waals surface area contributed by atoms with Gasteiger partial charge in [0.05, 0.1) is 22.5 Å². The first-order valence-corrected chi connectivity index (χ1v) is 11.1. The Morgan fingerprint density at radius 2 is 1.45 bits per heavy atom. The van der Waals surface area contributed by atoms with Gasteiger partial charge in [-0.25, -0.2) is 4.90 Å². The summed E-state index contributed by atoms with van der Waals surface area (Å²) < 4.78 is 0. The maximum Gasteiger partial charge on any atom is 0.323 e. The quantitative estimate of drug-likeness (QED) is 0.728. The number of benzodiazepines with no additional fused rings is 1. The number of hydrogen-bond donors (Lipinski definition) is 1. The van der Waals surface area contributed by atoms with E-state index in [-0.39, 0.29) is 17.0 Å². The lowest BCUT2D eigenvalue weighted by Gasteiger charge is -2.27. The maximum atomic E-state index is 13.7. The third-order valence-corrected chi connectivity index (χ3v) is 6.57. The molecule has 8 nitrogen and oxygen atoms in total. The van der Waals surface area contributed by atoms with E-state index in [1.807, 2.05) is 12.1 Å². The number of rotatable bonds is 4. The Labute approximate surface area is 190 Å². The van der Waals surface area contributed by atoms with E-state index in [9.17, 15) is 24.3 Å². The highest BCUT2D eigenvalue weighted by atomic mass is 16.4. The average molecular weight is 445 g/mol. The van der Waals surface area contributed by atoms with Crippen LogP contribution in [0.1, 0.15) is 58.4 Å². The highest BCUT2D eigenvalue weighted by Crippen LogP contribution is 2.36. The molecule has 2 aromatic carbocycles. The van der Waals surface area contributed by atoms with Crippen molar-refractivity contribution in [2.45, 2.75) is 38.3 Å². The van der Waals surface area contributed by atoms with Gasteiger partial charge in [-0.15, -0.1) is 0 Å². The molecule has 3 aliphatic rings. The zero-order valence-electron chi connectivity index (χ0n) is 17.9. The number of aliphatic carboxylic acids is 1. The Hall–Kier alpha value is -3.81. The molecule has 0 radical (unpaired) electrons. The van der Waals surface area contributed by atoms with Gasteiger partial charge in [-0.1, -0.05) is 49.6 Å². The molecule has 1 saturated carbocycles. The van der Waals surface area contributed by atoms with Crippen LogP contribution in [-0.2, 0) is 9.59 Å². The summed E-state index contributed by atoms with van der Waals surface area (Å²) in [6.07, 6.45) is 3.48. The van der Waals surface area contributed by atoms with E-state index in [0.717, 1.165) is 41.9 Å². The van der Waals surface area contributed by atoms with E-state index in [4.69, 9.17) is 4.99 Å². The molecular formula is C25H23N3O5. The highest BCUT2D eigenvalue weighted by molar-refractivity contribution is 6.24. The number of anilines is 1. The van der Waals surface area contributed by atoms with Gasteiger partial charge in [0, 0.05) is 11.5 Å². The van der Waals surface area contributed by atoms with Gasteiger partial charge in [0.1, 0.15) is 6.54 Å². The highest BCUT2D eigenvalue weighted by Gasteiger charge is 2.46. The molecule has 5 rings (SSSR count). The molecule has 1 N–H and O–H groups in total. The summed E-state index contributed by atoms with van der Waals surface area (Å²) in [5.41, 5.74) is 2.21. The van der Waals surface area contributed by atoms with Gasteiger partial charge in [0.15, 0.2) is 0 Å². The molecule has 33 heavy (non-hydrogen) atoms. The number of benzene rings is 2. The molecule has 2 heterocycles. The first-order valence-electron chi connectivity index (χ1n) is 11.1. The number of carboxylic acid groups (broad SMARTS) is 1. The number of hydrogen-bond acceptors (Lipinski definition) is 5. The van der Waals surface area contributed by atoms with Crippen LogP contribution in [0.2, 0.25) is 0 Å². The number of para-hydroxylation sites is 1. The molecule has 0 aromatic heterocycles. The van der Waals surface area contributed by atoms with Crippen LogP contribution in [0.25, 0.3) is 0 Å². The second-order valence-corrected chi connectivity index (χ2v) is 8.58. The minimum Gasteiger partial charge on any atom is -0.480 e. The van der Waals surface area contributed by atoms with Crippen LogP contribution in [0.5, 0.6) is 0 Å². The van der Waals surface area contributed by atoms with Gasteiger partial charge in [0.2, 0.25) is 6.17 Å². The number of aliphatic imine (C=N–C) groups is 1. The number of carboxylic acids is 1. The van der Waals surface area contributed by atoms with E-state index >= 15 is 0 Å². The van der Waals surface area contributed by atoms with E-state index < -0.39 is 36.4 Å². The number of fused-ring (bicyclic) bond motifs is 2. The van der Waals surface area contributed by atoms with Crippen molar-refractivity contribution < 1.29 is 24.3 Å². The molecule has 0 spiro atoms. The number of nitrogens with zero attached hydrogens (tertiary/aromatic N) is 3. The van der Waals surface area contributed by atoms with E-state index in [1.54, 1.807) is 36.4 Å². The molecule has 168 valence electrons. The van der Waals surface area contributed by atoms with Gasteiger partial charge in [0.25, 0.3) is 17.7 Å². The summed E-state index contributed by atoms with van der Waals surface area (Å²) in [6.45, 7) is -0.594. The summed E-state index contributed by atoms with van der Waals surface area (Å²) in [5, 5.41) is 9.53. The molecule has 3 amide bonds. The summed E-state index contributed by atoms with van der Waals surface area (Å²) in [6, 6.07) is 13.5. The normalized spacial score (nSPS) is 20.9. The van der Waals surface area contributed by atoms with Gasteiger partial charge < -0.3 is 5.11 Å². The molecule has 0 bridgehead atoms. The summed E-state index contributed by atoms with van der Waals surface area (Å²) >= 11 is 0. The first-order chi connectivity index (χ1) is 16.0. The second-order valence-electron chi connectivity index (χ2n) is 8.58. The van der Waals surface area contributed by atoms with Crippen molar-refractivity contribution in [3.63, 3.8) is 0 Å². The van der Waals surface area contributed by atoms with E-state index in [1.165, 1.54) is 0 Å². The van der Waals surface area contributed by atoms with Gasteiger partial charge in [-0.2, -0.15) is 0 Å². The SMILES string of the molecule is O=C(O)CN1C(=O)[C@H](N2C(=O)c3ccccc3C2=O)N=C(C2CCCCC2)c2ccccc21. The van der Waals surface area contributed by atoms with Crippen molar-refractivity contribution in [3.05, 3.63) is 65.2 Å². The molecule has 0 unspecified atom stereocenters. The third kappa shape index (κ3) is 3.51. The first kappa shape index (κ1) is 21.1. The molecule has 0 saturated heterocycles. The van der Waals surface area contributed by atoms with Crippen molar-refractivity contribution in [2.75, 3.05) is 11.4 Å². The lowest BCUT2D eigenvalue weighted by molar-refractivity contribution is -0.137. The zero-order chi connectivity index (χ0) is 23.1. The fourth-order valence-electron chi connectivity index (χ4n) is 5.04. The van der Waals surface area contributed by atoms with E-state index in [0.29, 0.717) is 17.0 Å². The molecule has 1 aliphatic carbocycles. The van der Waals surface area contributed by atoms with Crippen LogP contribution in [0.3, 0.4) is 0 Å². The molecular weight excluding hydrogens is 422 g/mol. The monoisotopic (exact) mass is 445 g/mol. The lowest BCUT2D eigenvalue weighted by atomic mass is 9.83. The van der Waals surface area contributed by atoms with Crippen LogP contribution in [0.15, 0.2) is 53.5 Å². The Balaban J connectivity index is 1.67. The van der Waals surface area contributed by atoms with Gasteiger partial charge in [-0.3, -0.25) is 29.1 Å². The van der Waals surface area contributed by atoms with Crippen LogP contribution in [0, 0.1) is 5.92 Å². The Kier molecular flexibility index (Phi) is 5.28. The Morgan fingerprint density at radius 1 is 0.879 bits per heavy atom. The fourth-order valence-corrected chi connectivity index (χ4v) is 5.04. The van der Waals surface area contributed by atoms with Crippen molar-refractivity contribution >= 4 is 35.1 Å². The standard InChI is InChI=1S/C25H23N3O5/c29-20(30)14-27-19-13-7-6-12-18(19)21(15-8-2-1-3-9-15)26-22(25(27)33)28-23(31)16-10-4-5-11-17(16)24(28)32/h4-7,10-13,15,22H,1-3,8-9,14H2,(H,29,30)/t22-/m0/s1. The predicted molar refractivity (Wildman–Crippen MR) is 120 cm³/mol. The Morgan fingerprint density at radius 3 is 2.06 bits per heavy atom. The van der Waals surface area contributed by atoms with Crippen LogP contribution >= 0.6 is 0 Å². The number of amides is 3. The van der Waals surface area contributed by atoms with Crippen molar-refractivity contribution in [1.29, 1.82) is 0 Å². The number of carbonyl (C=O) groups is 4. The van der Waals surface area contributed by atoms with Crippen LogP contribution in [-0.4, -0.2) is 52.1 Å². The third-order valence-electron chi connectivity index (χ3n) is 6.57.